The van der Waals surface area contributed by atoms with E-state index in [0.717, 1.165) is 54.3 Å². The van der Waals surface area contributed by atoms with Gasteiger partial charge in [-0.1, -0.05) is 79.4 Å². The molecule has 1 N–H and O–H groups in total. The molecule has 0 aromatic heterocycles. The van der Waals surface area contributed by atoms with Crippen LogP contribution in [0.25, 0.3) is 0 Å². The zero-order chi connectivity index (χ0) is 31.0. The van der Waals surface area contributed by atoms with Crippen molar-refractivity contribution < 1.29 is 22.9 Å². The van der Waals surface area contributed by atoms with E-state index >= 15 is 0 Å². The molecule has 10 nitrogen and oxygen atoms in total. The average Bonchev–Trinajstić information content (AvgIpc) is 2.98. The Hall–Kier alpha value is -3.96. The van der Waals surface area contributed by atoms with E-state index in [4.69, 9.17) is 11.6 Å². The molecular weight excluding hydrogens is 592 g/mol. The zero-order valence-electron chi connectivity index (χ0n) is 23.9. The first kappa shape index (κ1) is 32.0. The van der Waals surface area contributed by atoms with Crippen molar-refractivity contribution in [2.24, 2.45) is 0 Å². The molecule has 1 aliphatic rings. The maximum Gasteiger partial charge on any atom is 0.271 e. The number of nitrogens with one attached hydrogen (secondary N) is 1. The van der Waals surface area contributed by atoms with Crippen molar-refractivity contribution in [2.75, 3.05) is 17.1 Å². The van der Waals surface area contributed by atoms with Crippen LogP contribution in [0.4, 0.5) is 11.4 Å². The molecule has 4 rings (SSSR count). The van der Waals surface area contributed by atoms with Crippen molar-refractivity contribution in [1.29, 1.82) is 0 Å². The fourth-order valence-electron chi connectivity index (χ4n) is 5.31. The van der Waals surface area contributed by atoms with Gasteiger partial charge in [0.1, 0.15) is 12.6 Å². The summed E-state index contributed by atoms with van der Waals surface area (Å²) in [4.78, 5) is 40.3. The summed E-state index contributed by atoms with van der Waals surface area (Å²) in [5, 5.41) is 15.0. The zero-order valence-corrected chi connectivity index (χ0v) is 25.5. The lowest BCUT2D eigenvalue weighted by atomic mass is 9.94. The number of hydrogen-bond donors (Lipinski definition) is 1. The van der Waals surface area contributed by atoms with E-state index in [1.54, 1.807) is 24.3 Å². The molecule has 0 heterocycles. The third kappa shape index (κ3) is 9.01. The van der Waals surface area contributed by atoms with Crippen molar-refractivity contribution >= 4 is 44.8 Å². The highest BCUT2D eigenvalue weighted by Gasteiger charge is 2.34. The minimum absolute atomic E-state index is 0.0124. The standard InChI is InChI=1S/C31H35ClN4O6S/c1-43(41,42)35(27-16-9-17-28(20-27)36(39)40)22-30(37)34(21-24-12-8-13-25(32)18-24)29(19-23-10-4-2-5-11-23)31(38)33-26-14-6-3-7-15-26/h2,4-5,8-13,16-18,20,26,29H,3,6-7,14-15,19,21-22H2,1H3,(H,33,38)/t29-/m0/s1. The second-order valence-electron chi connectivity index (χ2n) is 10.7. The Morgan fingerprint density at radius 2 is 1.65 bits per heavy atom. The van der Waals surface area contributed by atoms with Gasteiger partial charge < -0.3 is 10.2 Å². The van der Waals surface area contributed by atoms with E-state index in [1.165, 1.54) is 23.1 Å². The predicted octanol–water partition coefficient (Wildman–Crippen LogP) is 5.10. The summed E-state index contributed by atoms with van der Waals surface area (Å²) in [6.45, 7) is -0.677. The van der Waals surface area contributed by atoms with Crippen molar-refractivity contribution in [3.05, 3.63) is 105 Å². The number of benzene rings is 3. The van der Waals surface area contributed by atoms with Crippen molar-refractivity contribution in [2.45, 2.75) is 57.2 Å². The van der Waals surface area contributed by atoms with Gasteiger partial charge in [-0.15, -0.1) is 0 Å². The molecule has 1 atom stereocenters. The largest absolute Gasteiger partial charge is 0.352 e. The molecule has 1 aliphatic carbocycles. The second-order valence-corrected chi connectivity index (χ2v) is 13.1. The number of anilines is 1. The quantitative estimate of drug-likeness (QED) is 0.220. The van der Waals surface area contributed by atoms with Crippen LogP contribution in [0.15, 0.2) is 78.9 Å². The van der Waals surface area contributed by atoms with Crippen molar-refractivity contribution in [3.63, 3.8) is 0 Å². The fraction of sp³-hybridized carbons (Fsp3) is 0.355. The van der Waals surface area contributed by atoms with Crippen LogP contribution in [-0.4, -0.2) is 54.9 Å². The molecular formula is C31H35ClN4O6S. The van der Waals surface area contributed by atoms with Gasteiger partial charge in [0.2, 0.25) is 21.8 Å². The van der Waals surface area contributed by atoms with Gasteiger partial charge >= 0.3 is 0 Å². The molecule has 2 amide bonds. The Bertz CT molecular complexity index is 1550. The summed E-state index contributed by atoms with van der Waals surface area (Å²) >= 11 is 6.25. The molecule has 1 saturated carbocycles. The number of sulfonamides is 1. The van der Waals surface area contributed by atoms with E-state index in [9.17, 15) is 28.1 Å². The summed E-state index contributed by atoms with van der Waals surface area (Å²) in [6, 6.07) is 20.3. The first-order valence-electron chi connectivity index (χ1n) is 14.1. The third-order valence-corrected chi connectivity index (χ3v) is 8.85. The Kier molecular flexibility index (Phi) is 10.8. The highest BCUT2D eigenvalue weighted by molar-refractivity contribution is 7.92. The monoisotopic (exact) mass is 626 g/mol. The Labute approximate surface area is 256 Å². The van der Waals surface area contributed by atoms with E-state index in [2.05, 4.69) is 5.32 Å². The Balaban J connectivity index is 1.73. The van der Waals surface area contributed by atoms with Crippen LogP contribution >= 0.6 is 11.6 Å². The van der Waals surface area contributed by atoms with Crippen LogP contribution < -0.4 is 9.62 Å². The van der Waals surface area contributed by atoms with Crippen LogP contribution in [0.3, 0.4) is 0 Å². The van der Waals surface area contributed by atoms with Gasteiger partial charge in [0.05, 0.1) is 16.9 Å². The number of amides is 2. The topological polar surface area (TPSA) is 130 Å². The summed E-state index contributed by atoms with van der Waals surface area (Å²) in [7, 11) is -4.05. The van der Waals surface area contributed by atoms with E-state index < -0.39 is 33.4 Å². The maximum atomic E-state index is 14.2. The van der Waals surface area contributed by atoms with Crippen molar-refractivity contribution in [1.82, 2.24) is 10.2 Å². The first-order chi connectivity index (χ1) is 20.5. The van der Waals surface area contributed by atoms with E-state index in [-0.39, 0.29) is 36.3 Å². The Morgan fingerprint density at radius 1 is 0.977 bits per heavy atom. The number of halogens is 1. The predicted molar refractivity (Wildman–Crippen MR) is 166 cm³/mol. The molecule has 228 valence electrons. The van der Waals surface area contributed by atoms with Gasteiger partial charge in [0, 0.05) is 36.2 Å². The molecule has 43 heavy (non-hydrogen) atoms. The smallest absolute Gasteiger partial charge is 0.271 e. The van der Waals surface area contributed by atoms with Crippen LogP contribution in [0.2, 0.25) is 5.02 Å². The van der Waals surface area contributed by atoms with Crippen LogP contribution in [0, 0.1) is 10.1 Å². The minimum atomic E-state index is -4.05. The summed E-state index contributed by atoms with van der Waals surface area (Å²) in [5.74, 6) is -0.969. The molecule has 3 aromatic rings. The molecule has 0 unspecified atom stereocenters. The maximum absolute atomic E-state index is 14.2. The number of nitro benzene ring substituents is 1. The summed E-state index contributed by atoms with van der Waals surface area (Å²) in [5.41, 5.74) is 1.14. The number of nitrogens with zero attached hydrogens (tertiary/aromatic N) is 3. The normalized spacial score (nSPS) is 14.5. The molecule has 0 radical (unpaired) electrons. The number of nitro groups is 1. The molecule has 3 aromatic carbocycles. The number of non-ortho nitro benzene ring substituents is 1. The van der Waals surface area contributed by atoms with Gasteiger partial charge in [0.25, 0.3) is 5.69 Å². The number of rotatable bonds is 12. The fourth-order valence-corrected chi connectivity index (χ4v) is 6.36. The van der Waals surface area contributed by atoms with Gasteiger partial charge in [-0.3, -0.25) is 24.0 Å². The van der Waals surface area contributed by atoms with Crippen molar-refractivity contribution in [3.8, 4) is 0 Å². The number of carbonyl (C=O) groups excluding carboxylic acids is 2. The Morgan fingerprint density at radius 3 is 2.30 bits per heavy atom. The highest BCUT2D eigenvalue weighted by Crippen LogP contribution is 2.25. The molecule has 0 saturated heterocycles. The summed E-state index contributed by atoms with van der Waals surface area (Å²) in [6.07, 6.45) is 5.94. The molecule has 1 fully saturated rings. The van der Waals surface area contributed by atoms with E-state index in [1.807, 2.05) is 30.3 Å². The number of hydrogen-bond acceptors (Lipinski definition) is 6. The molecule has 12 heteroatoms. The van der Waals surface area contributed by atoms with Gasteiger partial charge in [-0.2, -0.15) is 0 Å². The lowest BCUT2D eigenvalue weighted by Gasteiger charge is -2.35. The van der Waals surface area contributed by atoms with Crippen LogP contribution in [-0.2, 0) is 32.6 Å². The van der Waals surface area contributed by atoms with Gasteiger partial charge in [-0.05, 0) is 42.2 Å². The molecule has 0 spiro atoms. The van der Waals surface area contributed by atoms with Crippen LogP contribution in [0.5, 0.6) is 0 Å². The third-order valence-electron chi connectivity index (χ3n) is 7.47. The SMILES string of the molecule is CS(=O)(=O)N(CC(=O)N(Cc1cccc(Cl)c1)[C@@H](Cc1ccccc1)C(=O)NC1CCCCC1)c1cccc([N+](=O)[O-])c1. The molecule has 0 bridgehead atoms. The first-order valence-corrected chi connectivity index (χ1v) is 16.3. The number of carbonyl (C=O) groups is 2. The molecule has 0 aliphatic heterocycles. The van der Waals surface area contributed by atoms with Gasteiger partial charge in [0.15, 0.2) is 0 Å². The highest BCUT2D eigenvalue weighted by atomic mass is 35.5. The van der Waals surface area contributed by atoms with Gasteiger partial charge in [-0.25, -0.2) is 8.42 Å². The average molecular weight is 627 g/mol. The lowest BCUT2D eigenvalue weighted by molar-refractivity contribution is -0.384. The lowest BCUT2D eigenvalue weighted by Crippen LogP contribution is -2.55. The van der Waals surface area contributed by atoms with Crippen LogP contribution in [0.1, 0.15) is 43.2 Å². The summed E-state index contributed by atoms with van der Waals surface area (Å²) < 4.78 is 26.7. The minimum Gasteiger partial charge on any atom is -0.352 e. The van der Waals surface area contributed by atoms with E-state index in [0.29, 0.717) is 10.6 Å². The second kappa shape index (κ2) is 14.5.